The number of aliphatic carboxylic acids is 1. The van der Waals surface area contributed by atoms with Gasteiger partial charge < -0.3 is 10.8 Å². The topological polar surface area (TPSA) is 63.3 Å². The van der Waals surface area contributed by atoms with Gasteiger partial charge in [0.1, 0.15) is 0 Å². The van der Waals surface area contributed by atoms with Crippen LogP contribution in [0.1, 0.15) is 38.5 Å². The summed E-state index contributed by atoms with van der Waals surface area (Å²) in [5.74, 6) is 0.989. The van der Waals surface area contributed by atoms with Crippen LogP contribution in [0.3, 0.4) is 0 Å². The molecule has 0 bridgehead atoms. The fourth-order valence-electron chi connectivity index (χ4n) is 3.18. The van der Waals surface area contributed by atoms with Crippen molar-refractivity contribution >= 4 is 5.97 Å². The summed E-state index contributed by atoms with van der Waals surface area (Å²) >= 11 is 0. The molecule has 3 nitrogen and oxygen atoms in total. The Morgan fingerprint density at radius 1 is 1.36 bits per heavy atom. The third-order valence-electron chi connectivity index (χ3n) is 4.27. The van der Waals surface area contributed by atoms with Crippen LogP contribution in [0.2, 0.25) is 0 Å². The van der Waals surface area contributed by atoms with Crippen LogP contribution in [-0.2, 0) is 4.79 Å². The average Bonchev–Trinajstić information content (AvgIpc) is 2.09. The van der Waals surface area contributed by atoms with E-state index in [4.69, 9.17) is 10.8 Å². The Morgan fingerprint density at radius 2 is 2.07 bits per heavy atom. The maximum atomic E-state index is 10.8. The van der Waals surface area contributed by atoms with Crippen LogP contribution in [0.25, 0.3) is 0 Å². The van der Waals surface area contributed by atoms with Gasteiger partial charge in [-0.05, 0) is 55.9 Å². The molecule has 2 aliphatic carbocycles. The third-order valence-corrected chi connectivity index (χ3v) is 4.27. The van der Waals surface area contributed by atoms with E-state index in [1.54, 1.807) is 0 Å². The van der Waals surface area contributed by atoms with Gasteiger partial charge in [0.15, 0.2) is 0 Å². The second kappa shape index (κ2) is 3.54. The Labute approximate surface area is 84.7 Å². The number of hydrogen-bond donors (Lipinski definition) is 2. The largest absolute Gasteiger partial charge is 0.481 e. The maximum Gasteiger partial charge on any atom is 0.303 e. The molecule has 0 aromatic rings. The van der Waals surface area contributed by atoms with Gasteiger partial charge in [-0.25, -0.2) is 0 Å². The van der Waals surface area contributed by atoms with E-state index in [9.17, 15) is 4.79 Å². The van der Waals surface area contributed by atoms with Gasteiger partial charge in [0, 0.05) is 0 Å². The molecule has 0 aromatic carbocycles. The molecule has 0 aromatic heterocycles. The molecule has 0 saturated heterocycles. The molecule has 0 heterocycles. The molecule has 0 amide bonds. The highest BCUT2D eigenvalue weighted by Crippen LogP contribution is 2.52. The molecule has 2 aliphatic rings. The fraction of sp³-hybridized carbons (Fsp3) is 0.909. The molecule has 2 saturated carbocycles. The smallest absolute Gasteiger partial charge is 0.303 e. The van der Waals surface area contributed by atoms with E-state index in [-0.39, 0.29) is 11.8 Å². The third kappa shape index (κ3) is 1.65. The van der Waals surface area contributed by atoms with Gasteiger partial charge in [-0.1, -0.05) is 0 Å². The van der Waals surface area contributed by atoms with E-state index >= 15 is 0 Å². The minimum absolute atomic E-state index is 0.0760. The highest BCUT2D eigenvalue weighted by molar-refractivity contribution is 5.67. The van der Waals surface area contributed by atoms with E-state index in [0.717, 1.165) is 24.7 Å². The lowest BCUT2D eigenvalue weighted by atomic mass is 9.56. The molecule has 3 N–H and O–H groups in total. The van der Waals surface area contributed by atoms with Gasteiger partial charge in [0.05, 0.1) is 6.42 Å². The van der Waals surface area contributed by atoms with Crippen molar-refractivity contribution in [2.45, 2.75) is 38.5 Å². The van der Waals surface area contributed by atoms with E-state index in [2.05, 4.69) is 0 Å². The molecular formula is C11H19NO2. The molecular weight excluding hydrogens is 178 g/mol. The van der Waals surface area contributed by atoms with Crippen LogP contribution < -0.4 is 5.73 Å². The molecule has 0 unspecified atom stereocenters. The summed E-state index contributed by atoms with van der Waals surface area (Å²) in [6.07, 6.45) is 6.21. The van der Waals surface area contributed by atoms with Crippen molar-refractivity contribution in [1.82, 2.24) is 0 Å². The minimum Gasteiger partial charge on any atom is -0.481 e. The summed E-state index contributed by atoms with van der Waals surface area (Å²) in [7, 11) is 0. The number of carboxylic acid groups (broad SMARTS) is 1. The summed E-state index contributed by atoms with van der Waals surface area (Å²) in [5.41, 5.74) is 5.68. The summed E-state index contributed by atoms with van der Waals surface area (Å²) in [5, 5.41) is 8.88. The zero-order valence-corrected chi connectivity index (χ0v) is 8.54. The van der Waals surface area contributed by atoms with Crippen molar-refractivity contribution in [1.29, 1.82) is 0 Å². The van der Waals surface area contributed by atoms with Crippen molar-refractivity contribution in [2.75, 3.05) is 6.54 Å². The van der Waals surface area contributed by atoms with Crippen molar-refractivity contribution in [3.05, 3.63) is 0 Å². The van der Waals surface area contributed by atoms with Crippen molar-refractivity contribution in [3.8, 4) is 0 Å². The minimum atomic E-state index is -0.687. The van der Waals surface area contributed by atoms with E-state index in [0.29, 0.717) is 6.54 Å². The van der Waals surface area contributed by atoms with Crippen LogP contribution in [0.5, 0.6) is 0 Å². The molecule has 80 valence electrons. The Bertz CT molecular complexity index is 241. The van der Waals surface area contributed by atoms with E-state index < -0.39 is 5.97 Å². The number of carboxylic acids is 1. The second-order valence-corrected chi connectivity index (χ2v) is 5.11. The number of nitrogens with two attached hydrogens (primary N) is 1. The first-order chi connectivity index (χ1) is 6.65. The lowest BCUT2D eigenvalue weighted by Gasteiger charge is -2.49. The molecule has 3 heteroatoms. The van der Waals surface area contributed by atoms with Gasteiger partial charge in [-0.2, -0.15) is 0 Å². The molecule has 3 atom stereocenters. The van der Waals surface area contributed by atoms with Crippen molar-refractivity contribution in [2.24, 2.45) is 23.0 Å². The summed E-state index contributed by atoms with van der Waals surface area (Å²) < 4.78 is 0. The number of carbonyl (C=O) groups is 1. The summed E-state index contributed by atoms with van der Waals surface area (Å²) in [6, 6.07) is 0. The molecule has 14 heavy (non-hydrogen) atoms. The number of rotatable bonds is 3. The zero-order chi connectivity index (χ0) is 10.2. The lowest BCUT2D eigenvalue weighted by molar-refractivity contribution is -0.141. The van der Waals surface area contributed by atoms with E-state index in [1.165, 1.54) is 19.3 Å². The Morgan fingerprint density at radius 3 is 2.50 bits per heavy atom. The molecule has 0 aliphatic heterocycles. The fourth-order valence-corrected chi connectivity index (χ4v) is 3.18. The highest BCUT2D eigenvalue weighted by atomic mass is 16.4. The summed E-state index contributed by atoms with van der Waals surface area (Å²) in [6.45, 7) is 0.544. The van der Waals surface area contributed by atoms with Crippen LogP contribution in [-0.4, -0.2) is 17.6 Å². The summed E-state index contributed by atoms with van der Waals surface area (Å²) in [4.78, 5) is 10.8. The Hall–Kier alpha value is -0.570. The molecule has 2 rings (SSSR count). The first-order valence-electron chi connectivity index (χ1n) is 5.57. The highest BCUT2D eigenvalue weighted by Gasteiger charge is 2.44. The van der Waals surface area contributed by atoms with Gasteiger partial charge >= 0.3 is 5.97 Å². The van der Waals surface area contributed by atoms with Gasteiger partial charge in [-0.3, -0.25) is 4.79 Å². The predicted molar refractivity (Wildman–Crippen MR) is 53.8 cm³/mol. The van der Waals surface area contributed by atoms with Gasteiger partial charge in [0.25, 0.3) is 0 Å². The van der Waals surface area contributed by atoms with Crippen LogP contribution in [0.4, 0.5) is 0 Å². The SMILES string of the molecule is NC[C@]1(CC(=O)O)CC[C@H]2CC[C@@H]2C1. The Balaban J connectivity index is 2.01. The monoisotopic (exact) mass is 197 g/mol. The van der Waals surface area contributed by atoms with Crippen LogP contribution in [0, 0.1) is 17.3 Å². The number of hydrogen-bond acceptors (Lipinski definition) is 2. The Kier molecular flexibility index (Phi) is 2.52. The van der Waals surface area contributed by atoms with E-state index in [1.807, 2.05) is 0 Å². The average molecular weight is 197 g/mol. The van der Waals surface area contributed by atoms with Crippen molar-refractivity contribution < 1.29 is 9.90 Å². The normalized spacial score (nSPS) is 41.2. The molecule has 2 fully saturated rings. The quantitative estimate of drug-likeness (QED) is 0.722. The van der Waals surface area contributed by atoms with Gasteiger partial charge in [-0.15, -0.1) is 0 Å². The van der Waals surface area contributed by atoms with Crippen LogP contribution in [0.15, 0.2) is 0 Å². The van der Waals surface area contributed by atoms with Crippen LogP contribution >= 0.6 is 0 Å². The first-order valence-corrected chi connectivity index (χ1v) is 5.57. The second-order valence-electron chi connectivity index (χ2n) is 5.11. The number of fused-ring (bicyclic) bond motifs is 1. The zero-order valence-electron chi connectivity index (χ0n) is 8.54. The standard InChI is InChI=1S/C11H19NO2/c12-7-11(6-10(13)14)4-3-8-1-2-9(8)5-11/h8-9H,1-7,12H2,(H,13,14)/t8-,9-,11-/m1/s1. The lowest BCUT2D eigenvalue weighted by Crippen LogP contribution is -2.44. The van der Waals surface area contributed by atoms with Gasteiger partial charge in [0.2, 0.25) is 0 Å². The van der Waals surface area contributed by atoms with Crippen molar-refractivity contribution in [3.63, 3.8) is 0 Å². The molecule has 0 spiro atoms. The first kappa shape index (κ1) is 9.97. The maximum absolute atomic E-state index is 10.8. The predicted octanol–water partition coefficient (Wildman–Crippen LogP) is 1.62. The molecule has 0 radical (unpaired) electrons.